The van der Waals surface area contributed by atoms with Crippen molar-refractivity contribution in [2.45, 2.75) is 42.5 Å². The van der Waals surface area contributed by atoms with E-state index in [1.807, 2.05) is 0 Å². The van der Waals surface area contributed by atoms with Crippen LogP contribution in [0.3, 0.4) is 0 Å². The van der Waals surface area contributed by atoms with Gasteiger partial charge in [0.1, 0.15) is 11.9 Å². The van der Waals surface area contributed by atoms with Crippen molar-refractivity contribution in [3.05, 3.63) is 89.9 Å². The van der Waals surface area contributed by atoms with Gasteiger partial charge in [0, 0.05) is 23.8 Å². The van der Waals surface area contributed by atoms with Crippen LogP contribution in [-0.2, 0) is 19.4 Å². The van der Waals surface area contributed by atoms with Crippen molar-refractivity contribution in [3.8, 4) is 5.75 Å². The van der Waals surface area contributed by atoms with E-state index in [0.29, 0.717) is 17.1 Å². The van der Waals surface area contributed by atoms with Crippen LogP contribution < -0.4 is 15.8 Å². The zero-order valence-electron chi connectivity index (χ0n) is 24.4. The number of aromatic nitrogens is 1. The van der Waals surface area contributed by atoms with Crippen LogP contribution in [-0.4, -0.2) is 54.2 Å². The Balaban J connectivity index is 1.63. The second kappa shape index (κ2) is 12.1. The number of carboxylic acids is 1. The molecular formula is C32H33FN4O6S. The van der Waals surface area contributed by atoms with Crippen molar-refractivity contribution < 1.29 is 32.2 Å². The number of pyridine rings is 1. The van der Waals surface area contributed by atoms with E-state index in [9.17, 15) is 27.5 Å². The summed E-state index contributed by atoms with van der Waals surface area (Å²) in [4.78, 5) is 32.5. The fourth-order valence-electron chi connectivity index (χ4n) is 5.69. The summed E-state index contributed by atoms with van der Waals surface area (Å²) in [5.41, 5.74) is 7.16. The number of methoxy groups -OCH3 is 1. The van der Waals surface area contributed by atoms with Gasteiger partial charge in [0.05, 0.1) is 29.2 Å². The van der Waals surface area contributed by atoms with Crippen molar-refractivity contribution in [2.24, 2.45) is 5.92 Å². The molecule has 5 rings (SSSR count). The molecule has 1 aliphatic rings. The average Bonchev–Trinajstić information content (AvgIpc) is 3.45. The largest absolute Gasteiger partial charge is 0.494 e. The van der Waals surface area contributed by atoms with Crippen LogP contribution in [0.2, 0.25) is 0 Å². The van der Waals surface area contributed by atoms with E-state index < -0.39 is 50.8 Å². The lowest BCUT2D eigenvalue weighted by molar-refractivity contribution is -0.143. The fourth-order valence-corrected chi connectivity index (χ4v) is 6.98. The second-order valence-corrected chi connectivity index (χ2v) is 13.4. The lowest BCUT2D eigenvalue weighted by Crippen LogP contribution is -2.40. The van der Waals surface area contributed by atoms with Crippen LogP contribution in [0.15, 0.2) is 77.8 Å². The minimum atomic E-state index is -3.82. The molecule has 4 N–H and O–H groups in total. The number of nitrogens with two attached hydrogens (primary N) is 1. The van der Waals surface area contributed by atoms with Gasteiger partial charge in [0.15, 0.2) is 21.4 Å². The number of fused-ring (bicyclic) bond motifs is 1. The van der Waals surface area contributed by atoms with Crippen molar-refractivity contribution in [1.29, 1.82) is 0 Å². The number of carbonyl (C=O) groups excluding carboxylic acids is 1. The van der Waals surface area contributed by atoms with Crippen LogP contribution in [0.1, 0.15) is 43.5 Å². The maximum atomic E-state index is 14.6. The summed E-state index contributed by atoms with van der Waals surface area (Å²) < 4.78 is 46.4. The number of carbonyl (C=O) groups is 2. The molecule has 12 heteroatoms. The Kier molecular flexibility index (Phi) is 8.46. The molecule has 230 valence electrons. The van der Waals surface area contributed by atoms with E-state index in [0.717, 1.165) is 10.8 Å². The molecule has 4 aromatic rings. The third-order valence-corrected chi connectivity index (χ3v) is 10.3. The zero-order valence-corrected chi connectivity index (χ0v) is 25.2. The number of hydrogen-bond donors (Lipinski definition) is 3. The quantitative estimate of drug-likeness (QED) is 0.235. The van der Waals surface area contributed by atoms with E-state index in [1.165, 1.54) is 36.3 Å². The smallest absolute Gasteiger partial charge is 0.309 e. The number of nitrogens with zero attached hydrogens (tertiary/aromatic N) is 2. The Morgan fingerprint density at radius 1 is 1.11 bits per heavy atom. The van der Waals surface area contributed by atoms with Gasteiger partial charge < -0.3 is 25.8 Å². The SMILES string of the molecule is COc1cc(C(Nc2ccc3c(N)nccc3c2)C(=O)N2CC[C@@H](C(=O)O)[C@H]2c2ccccc2S(=O)(=O)C(C)C)ccc1F. The molecule has 0 spiro atoms. The molecule has 1 fully saturated rings. The summed E-state index contributed by atoms with van der Waals surface area (Å²) in [7, 11) is -2.51. The summed E-state index contributed by atoms with van der Waals surface area (Å²) >= 11 is 0. The molecule has 0 bridgehead atoms. The van der Waals surface area contributed by atoms with Gasteiger partial charge in [-0.3, -0.25) is 9.59 Å². The predicted octanol–water partition coefficient (Wildman–Crippen LogP) is 4.97. The molecule has 3 aromatic carbocycles. The third-order valence-electron chi connectivity index (χ3n) is 8.02. The Hall–Kier alpha value is -4.71. The molecule has 44 heavy (non-hydrogen) atoms. The highest BCUT2D eigenvalue weighted by molar-refractivity contribution is 7.92. The maximum Gasteiger partial charge on any atom is 0.309 e. The van der Waals surface area contributed by atoms with Gasteiger partial charge >= 0.3 is 5.97 Å². The van der Waals surface area contributed by atoms with E-state index in [1.54, 1.807) is 62.5 Å². The van der Waals surface area contributed by atoms with Crippen LogP contribution in [0.5, 0.6) is 5.75 Å². The fraction of sp³-hybridized carbons (Fsp3) is 0.281. The zero-order chi connectivity index (χ0) is 31.8. The first kappa shape index (κ1) is 30.7. The molecule has 0 radical (unpaired) electrons. The standard InChI is InChI=1S/C32H33FN4O6S/c1-18(2)44(41,42)27-7-5-4-6-23(27)29-24(32(39)40)13-15-37(29)31(38)28(20-8-11-25(33)26(17-20)43-3)36-21-9-10-22-19(16-21)12-14-35-30(22)34/h4-12,14,16-18,24,28-29,36H,13,15H2,1-3H3,(H2,34,35)(H,39,40)/t24-,28?,29-/m1/s1. The Morgan fingerprint density at radius 3 is 2.57 bits per heavy atom. The number of ether oxygens (including phenoxy) is 1. The summed E-state index contributed by atoms with van der Waals surface area (Å²) in [6.45, 7) is 3.16. The molecule has 0 saturated carbocycles. The first-order valence-corrected chi connectivity index (χ1v) is 15.6. The summed E-state index contributed by atoms with van der Waals surface area (Å²) in [6, 6.07) is 15.1. The molecule has 0 aliphatic carbocycles. The van der Waals surface area contributed by atoms with Gasteiger partial charge in [-0.1, -0.05) is 24.3 Å². The second-order valence-electron chi connectivity index (χ2n) is 10.9. The number of nitrogen functional groups attached to an aromatic ring is 1. The highest BCUT2D eigenvalue weighted by Gasteiger charge is 2.46. The molecular weight excluding hydrogens is 587 g/mol. The maximum absolute atomic E-state index is 14.6. The highest BCUT2D eigenvalue weighted by Crippen LogP contribution is 2.43. The van der Waals surface area contributed by atoms with Crippen molar-refractivity contribution in [1.82, 2.24) is 9.88 Å². The average molecular weight is 621 g/mol. The van der Waals surface area contributed by atoms with E-state index in [4.69, 9.17) is 10.5 Å². The number of amides is 1. The number of anilines is 2. The van der Waals surface area contributed by atoms with Gasteiger partial charge in [-0.25, -0.2) is 17.8 Å². The van der Waals surface area contributed by atoms with Gasteiger partial charge in [0.25, 0.3) is 0 Å². The number of carboxylic acid groups (broad SMARTS) is 1. The number of aliphatic carboxylic acids is 1. The van der Waals surface area contributed by atoms with Gasteiger partial charge in [-0.15, -0.1) is 0 Å². The topological polar surface area (TPSA) is 152 Å². The predicted molar refractivity (Wildman–Crippen MR) is 164 cm³/mol. The Bertz CT molecular complexity index is 1850. The van der Waals surface area contributed by atoms with Crippen molar-refractivity contribution in [3.63, 3.8) is 0 Å². The molecule has 10 nitrogen and oxygen atoms in total. The first-order chi connectivity index (χ1) is 20.9. The number of benzene rings is 3. The molecule has 1 amide bonds. The first-order valence-electron chi connectivity index (χ1n) is 14.0. The normalized spacial score (nSPS) is 17.5. The summed E-state index contributed by atoms with van der Waals surface area (Å²) in [5.74, 6) is -3.06. The lowest BCUT2D eigenvalue weighted by Gasteiger charge is -2.32. The number of nitrogens with one attached hydrogen (secondary N) is 1. The van der Waals surface area contributed by atoms with E-state index in [2.05, 4.69) is 10.3 Å². The van der Waals surface area contributed by atoms with Gasteiger partial charge in [0.2, 0.25) is 5.91 Å². The molecule has 3 atom stereocenters. The number of halogens is 1. The van der Waals surface area contributed by atoms with Crippen LogP contribution in [0, 0.1) is 11.7 Å². The number of hydrogen-bond acceptors (Lipinski definition) is 8. The Labute approximate surface area is 254 Å². The van der Waals surface area contributed by atoms with Crippen molar-refractivity contribution in [2.75, 3.05) is 24.7 Å². The number of rotatable bonds is 9. The summed E-state index contributed by atoms with van der Waals surface area (Å²) in [5, 5.41) is 14.1. The molecule has 1 unspecified atom stereocenters. The third kappa shape index (κ3) is 5.64. The van der Waals surface area contributed by atoms with Gasteiger partial charge in [-0.2, -0.15) is 0 Å². The van der Waals surface area contributed by atoms with Crippen molar-refractivity contribution >= 4 is 44.0 Å². The van der Waals surface area contributed by atoms with E-state index in [-0.39, 0.29) is 29.2 Å². The monoisotopic (exact) mass is 620 g/mol. The molecule has 2 heterocycles. The molecule has 1 aliphatic heterocycles. The Morgan fingerprint density at radius 2 is 1.86 bits per heavy atom. The minimum Gasteiger partial charge on any atom is -0.494 e. The van der Waals surface area contributed by atoms with Crippen LogP contribution in [0.4, 0.5) is 15.9 Å². The minimum absolute atomic E-state index is 0.0142. The van der Waals surface area contributed by atoms with E-state index >= 15 is 0 Å². The highest BCUT2D eigenvalue weighted by atomic mass is 32.2. The van der Waals surface area contributed by atoms with Gasteiger partial charge in [-0.05, 0) is 79.2 Å². The molecule has 1 aromatic heterocycles. The van der Waals surface area contributed by atoms with Crippen LogP contribution in [0.25, 0.3) is 10.8 Å². The number of likely N-dealkylation sites (tertiary alicyclic amines) is 1. The van der Waals surface area contributed by atoms with Crippen LogP contribution >= 0.6 is 0 Å². The molecule has 1 saturated heterocycles. The number of sulfone groups is 1. The summed E-state index contributed by atoms with van der Waals surface area (Å²) in [6.07, 6.45) is 1.68. The lowest BCUT2D eigenvalue weighted by atomic mass is 9.93.